The standard InChI is InChI=1S/C16H23NO2S/c1-17-10-8-13(9-11-17)12-15-7-6-14-4-2-3-5-16(14)20(15,18)19/h2-5,13,15H,6-12H2,1H3. The van der Waals surface area contributed by atoms with Gasteiger partial charge in [0.25, 0.3) is 0 Å². The monoisotopic (exact) mass is 293 g/mol. The molecule has 3 rings (SSSR count). The zero-order valence-corrected chi connectivity index (χ0v) is 12.9. The van der Waals surface area contributed by atoms with Crippen LogP contribution < -0.4 is 0 Å². The third kappa shape index (κ3) is 2.63. The number of hydrogen-bond acceptors (Lipinski definition) is 3. The van der Waals surface area contributed by atoms with Crippen molar-refractivity contribution in [1.82, 2.24) is 4.90 Å². The summed E-state index contributed by atoms with van der Waals surface area (Å²) in [5.41, 5.74) is 1.01. The first kappa shape index (κ1) is 14.1. The number of sulfone groups is 1. The molecule has 4 heteroatoms. The van der Waals surface area contributed by atoms with E-state index in [4.69, 9.17) is 0 Å². The lowest BCUT2D eigenvalue weighted by molar-refractivity contribution is 0.210. The van der Waals surface area contributed by atoms with Crippen LogP contribution in [0.3, 0.4) is 0 Å². The van der Waals surface area contributed by atoms with Crippen LogP contribution in [0.15, 0.2) is 29.2 Å². The summed E-state index contributed by atoms with van der Waals surface area (Å²) in [5, 5.41) is -0.161. The third-order valence-corrected chi connectivity index (χ3v) is 7.21. The second kappa shape index (κ2) is 5.49. The fraction of sp³-hybridized carbons (Fsp3) is 0.625. The maximum absolute atomic E-state index is 12.7. The Morgan fingerprint density at radius 1 is 1.15 bits per heavy atom. The Morgan fingerprint density at radius 2 is 1.85 bits per heavy atom. The summed E-state index contributed by atoms with van der Waals surface area (Å²) >= 11 is 0. The van der Waals surface area contributed by atoms with Gasteiger partial charge in [0, 0.05) is 0 Å². The van der Waals surface area contributed by atoms with E-state index in [2.05, 4.69) is 11.9 Å². The molecule has 1 aromatic carbocycles. The van der Waals surface area contributed by atoms with E-state index in [0.717, 1.165) is 50.8 Å². The van der Waals surface area contributed by atoms with E-state index in [9.17, 15) is 8.42 Å². The molecule has 0 bridgehead atoms. The van der Waals surface area contributed by atoms with E-state index in [1.807, 2.05) is 18.2 Å². The summed E-state index contributed by atoms with van der Waals surface area (Å²) in [6.45, 7) is 2.21. The van der Waals surface area contributed by atoms with Crippen LogP contribution in [0.1, 0.15) is 31.2 Å². The molecule has 1 saturated heterocycles. The average molecular weight is 293 g/mol. The molecule has 2 aliphatic rings. The molecule has 0 N–H and O–H groups in total. The normalized spacial score (nSPS) is 27.1. The Labute approximate surface area is 121 Å². The number of benzene rings is 1. The van der Waals surface area contributed by atoms with Crippen LogP contribution in [0, 0.1) is 5.92 Å². The van der Waals surface area contributed by atoms with Crippen LogP contribution in [-0.2, 0) is 16.3 Å². The Hall–Kier alpha value is -0.870. The number of nitrogens with zero attached hydrogens (tertiary/aromatic N) is 1. The zero-order valence-electron chi connectivity index (χ0n) is 12.1. The number of fused-ring (bicyclic) bond motifs is 1. The van der Waals surface area contributed by atoms with Gasteiger partial charge in [0.2, 0.25) is 0 Å². The Kier molecular flexibility index (Phi) is 3.87. The fourth-order valence-electron chi connectivity index (χ4n) is 3.55. The van der Waals surface area contributed by atoms with Gasteiger partial charge in [0.05, 0.1) is 10.1 Å². The molecule has 1 fully saturated rings. The summed E-state index contributed by atoms with van der Waals surface area (Å²) in [6.07, 6.45) is 4.84. The van der Waals surface area contributed by atoms with Crippen molar-refractivity contribution in [3.63, 3.8) is 0 Å². The molecule has 1 unspecified atom stereocenters. The molecular weight excluding hydrogens is 270 g/mol. The van der Waals surface area contributed by atoms with Gasteiger partial charge in [-0.15, -0.1) is 0 Å². The first-order valence-corrected chi connectivity index (χ1v) is 9.12. The predicted octanol–water partition coefficient (Wildman–Crippen LogP) is 2.51. The van der Waals surface area contributed by atoms with Crippen LogP contribution >= 0.6 is 0 Å². The molecule has 0 aromatic heterocycles. The van der Waals surface area contributed by atoms with E-state index in [1.165, 1.54) is 0 Å². The molecule has 0 radical (unpaired) electrons. The first-order valence-electron chi connectivity index (χ1n) is 7.57. The minimum absolute atomic E-state index is 0.161. The van der Waals surface area contributed by atoms with Gasteiger partial charge >= 0.3 is 0 Å². The zero-order chi connectivity index (χ0) is 14.2. The van der Waals surface area contributed by atoms with Crippen molar-refractivity contribution >= 4 is 9.84 Å². The van der Waals surface area contributed by atoms with Crippen molar-refractivity contribution in [3.05, 3.63) is 29.8 Å². The quantitative estimate of drug-likeness (QED) is 0.841. The lowest BCUT2D eigenvalue weighted by Gasteiger charge is -2.32. The van der Waals surface area contributed by atoms with Gasteiger partial charge in [-0.05, 0) is 69.8 Å². The van der Waals surface area contributed by atoms with E-state index in [-0.39, 0.29) is 5.25 Å². The highest BCUT2D eigenvalue weighted by Gasteiger charge is 2.35. The topological polar surface area (TPSA) is 37.4 Å². The van der Waals surface area contributed by atoms with Gasteiger partial charge in [0.1, 0.15) is 0 Å². The van der Waals surface area contributed by atoms with E-state index >= 15 is 0 Å². The molecule has 2 aliphatic heterocycles. The maximum Gasteiger partial charge on any atom is 0.181 e. The van der Waals surface area contributed by atoms with Crippen LogP contribution in [0.2, 0.25) is 0 Å². The summed E-state index contributed by atoms with van der Waals surface area (Å²) in [5.74, 6) is 0.580. The molecule has 3 nitrogen and oxygen atoms in total. The third-order valence-electron chi connectivity index (χ3n) is 4.89. The maximum atomic E-state index is 12.7. The SMILES string of the molecule is CN1CCC(CC2CCc3ccccc3S2(=O)=O)CC1. The molecule has 20 heavy (non-hydrogen) atoms. The summed E-state index contributed by atoms with van der Waals surface area (Å²) in [6, 6.07) is 7.52. The van der Waals surface area contributed by atoms with E-state index in [0.29, 0.717) is 10.8 Å². The second-order valence-electron chi connectivity index (χ2n) is 6.30. The molecule has 2 heterocycles. The molecule has 1 aromatic rings. The van der Waals surface area contributed by atoms with Crippen LogP contribution in [0.5, 0.6) is 0 Å². The minimum Gasteiger partial charge on any atom is -0.306 e. The van der Waals surface area contributed by atoms with Crippen molar-refractivity contribution in [2.45, 2.75) is 42.2 Å². The van der Waals surface area contributed by atoms with Crippen LogP contribution in [0.25, 0.3) is 0 Å². The summed E-state index contributed by atoms with van der Waals surface area (Å²) in [4.78, 5) is 2.92. The highest BCUT2D eigenvalue weighted by atomic mass is 32.2. The number of hydrogen-bond donors (Lipinski definition) is 0. The van der Waals surface area contributed by atoms with Crippen molar-refractivity contribution < 1.29 is 8.42 Å². The number of aryl methyl sites for hydroxylation is 1. The van der Waals surface area contributed by atoms with Crippen LogP contribution in [0.4, 0.5) is 0 Å². The molecule has 0 saturated carbocycles. The van der Waals surface area contributed by atoms with Gasteiger partial charge in [-0.3, -0.25) is 0 Å². The molecule has 110 valence electrons. The van der Waals surface area contributed by atoms with E-state index in [1.54, 1.807) is 6.07 Å². The van der Waals surface area contributed by atoms with Crippen molar-refractivity contribution in [2.24, 2.45) is 5.92 Å². The fourth-order valence-corrected chi connectivity index (χ4v) is 5.67. The molecule has 0 spiro atoms. The first-order chi connectivity index (χ1) is 9.57. The number of piperidine rings is 1. The highest BCUT2D eigenvalue weighted by Crippen LogP contribution is 2.34. The molecule has 0 aliphatic carbocycles. The predicted molar refractivity (Wildman–Crippen MR) is 80.6 cm³/mol. The Bertz CT molecular complexity index is 574. The summed E-state index contributed by atoms with van der Waals surface area (Å²) in [7, 11) is -0.967. The van der Waals surface area contributed by atoms with Gasteiger partial charge in [-0.25, -0.2) is 8.42 Å². The highest BCUT2D eigenvalue weighted by molar-refractivity contribution is 7.92. The summed E-state index contributed by atoms with van der Waals surface area (Å²) < 4.78 is 25.5. The molecular formula is C16H23NO2S. The molecule has 1 atom stereocenters. The smallest absolute Gasteiger partial charge is 0.181 e. The number of likely N-dealkylation sites (tertiary alicyclic amines) is 1. The average Bonchev–Trinajstić information content (AvgIpc) is 2.44. The Morgan fingerprint density at radius 3 is 2.60 bits per heavy atom. The lowest BCUT2D eigenvalue weighted by Crippen LogP contribution is -2.35. The largest absolute Gasteiger partial charge is 0.306 e. The van der Waals surface area contributed by atoms with Gasteiger partial charge in [-0.1, -0.05) is 18.2 Å². The minimum atomic E-state index is -3.11. The molecule has 0 amide bonds. The van der Waals surface area contributed by atoms with Crippen molar-refractivity contribution in [1.29, 1.82) is 0 Å². The van der Waals surface area contributed by atoms with Crippen molar-refractivity contribution in [3.8, 4) is 0 Å². The van der Waals surface area contributed by atoms with Crippen LogP contribution in [-0.4, -0.2) is 38.7 Å². The Balaban J connectivity index is 1.76. The number of rotatable bonds is 2. The van der Waals surface area contributed by atoms with Crippen molar-refractivity contribution in [2.75, 3.05) is 20.1 Å². The van der Waals surface area contributed by atoms with Gasteiger partial charge in [0.15, 0.2) is 9.84 Å². The van der Waals surface area contributed by atoms with Gasteiger partial charge < -0.3 is 4.90 Å². The second-order valence-corrected chi connectivity index (χ2v) is 8.49. The van der Waals surface area contributed by atoms with Gasteiger partial charge in [-0.2, -0.15) is 0 Å². The lowest BCUT2D eigenvalue weighted by atomic mass is 9.90. The van der Waals surface area contributed by atoms with E-state index < -0.39 is 9.84 Å².